The number of pyridine rings is 1. The summed E-state index contributed by atoms with van der Waals surface area (Å²) in [5.41, 5.74) is 5.66. The smallest absolute Gasteiger partial charge is 0.340 e. The number of aromatic nitrogens is 3. The number of ether oxygens (including phenoxy) is 1. The van der Waals surface area contributed by atoms with E-state index < -0.39 is 15.9 Å². The number of anilines is 1. The van der Waals surface area contributed by atoms with Crippen LogP contribution in [0.4, 0.5) is 6.01 Å². The van der Waals surface area contributed by atoms with Crippen LogP contribution in [0.1, 0.15) is 24.2 Å². The second-order valence-electron chi connectivity index (χ2n) is 6.38. The molecule has 0 fully saturated rings. The van der Waals surface area contributed by atoms with Crippen LogP contribution in [0.3, 0.4) is 0 Å². The lowest BCUT2D eigenvalue weighted by Crippen LogP contribution is -2.32. The molecule has 0 saturated carbocycles. The zero-order valence-corrected chi connectivity index (χ0v) is 17.2. The molecular formula is C18H20N6O5S. The summed E-state index contributed by atoms with van der Waals surface area (Å²) in [6.07, 6.45) is 3.17. The van der Waals surface area contributed by atoms with Gasteiger partial charge in [-0.1, -0.05) is 5.16 Å². The van der Waals surface area contributed by atoms with Crippen LogP contribution >= 0.6 is 0 Å². The van der Waals surface area contributed by atoms with Gasteiger partial charge in [-0.3, -0.25) is 15.2 Å². The molecule has 0 aliphatic heterocycles. The Labute approximate surface area is 172 Å². The molecule has 3 N–H and O–H groups in total. The van der Waals surface area contributed by atoms with E-state index in [1.165, 1.54) is 25.3 Å². The van der Waals surface area contributed by atoms with Gasteiger partial charge < -0.3 is 9.26 Å². The molecule has 0 aliphatic rings. The van der Waals surface area contributed by atoms with Crippen LogP contribution in [-0.4, -0.2) is 42.6 Å². The number of methoxy groups -OCH3 is 1. The monoisotopic (exact) mass is 432 g/mol. The molecule has 3 aromatic rings. The highest BCUT2D eigenvalue weighted by Crippen LogP contribution is 2.25. The molecule has 0 unspecified atom stereocenters. The summed E-state index contributed by atoms with van der Waals surface area (Å²) in [4.78, 5) is 20.3. The summed E-state index contributed by atoms with van der Waals surface area (Å²) < 4.78 is 37.7. The van der Waals surface area contributed by atoms with Crippen molar-refractivity contribution in [1.29, 1.82) is 0 Å². The van der Waals surface area contributed by atoms with Crippen LogP contribution in [0, 0.1) is 0 Å². The zero-order chi connectivity index (χ0) is 21.7. The van der Waals surface area contributed by atoms with Crippen molar-refractivity contribution in [2.75, 3.05) is 12.5 Å². The number of hydrazine groups is 1. The van der Waals surface area contributed by atoms with E-state index in [4.69, 9.17) is 9.26 Å². The Kier molecular flexibility index (Phi) is 6.28. The predicted octanol–water partition coefficient (Wildman–Crippen LogP) is 1.58. The highest BCUT2D eigenvalue weighted by Gasteiger charge is 2.22. The van der Waals surface area contributed by atoms with E-state index in [2.05, 4.69) is 30.7 Å². The van der Waals surface area contributed by atoms with Crippen LogP contribution in [0.2, 0.25) is 0 Å². The molecule has 2 heterocycles. The first-order valence-corrected chi connectivity index (χ1v) is 10.3. The van der Waals surface area contributed by atoms with E-state index in [0.29, 0.717) is 11.4 Å². The van der Waals surface area contributed by atoms with Gasteiger partial charge in [0.2, 0.25) is 15.8 Å². The third-order valence-corrected chi connectivity index (χ3v) is 5.43. The largest absolute Gasteiger partial charge is 0.495 e. The Morgan fingerprint density at radius 1 is 1.17 bits per heavy atom. The third-order valence-electron chi connectivity index (χ3n) is 3.75. The Bertz CT molecular complexity index is 1130. The van der Waals surface area contributed by atoms with Gasteiger partial charge in [0.1, 0.15) is 10.6 Å². The molecule has 1 amide bonds. The number of rotatable bonds is 8. The number of nitrogens with zero attached hydrogens (tertiary/aromatic N) is 3. The van der Waals surface area contributed by atoms with Gasteiger partial charge in [0.15, 0.2) is 0 Å². The standard InChI is InChI=1S/C18H20N6O5S/c1-11(2)24-30(26,27)15-10-13(4-5-14(15)28-3)17(25)21-22-18-20-16(23-29-18)12-6-8-19-9-7-12/h4-11,24H,1-3H3,(H,21,25)(H,20,22,23). The highest BCUT2D eigenvalue weighted by atomic mass is 32.2. The van der Waals surface area contributed by atoms with Gasteiger partial charge in [-0.15, -0.1) is 0 Å². The lowest BCUT2D eigenvalue weighted by atomic mass is 10.2. The summed E-state index contributed by atoms with van der Waals surface area (Å²) >= 11 is 0. The number of sulfonamides is 1. The summed E-state index contributed by atoms with van der Waals surface area (Å²) in [5.74, 6) is -0.180. The number of amides is 1. The van der Waals surface area contributed by atoms with Crippen molar-refractivity contribution in [3.8, 4) is 17.1 Å². The number of nitrogens with one attached hydrogen (secondary N) is 3. The van der Waals surface area contributed by atoms with E-state index in [-0.39, 0.29) is 28.3 Å². The molecule has 30 heavy (non-hydrogen) atoms. The van der Waals surface area contributed by atoms with Crippen molar-refractivity contribution in [3.63, 3.8) is 0 Å². The Balaban J connectivity index is 1.74. The molecule has 12 heteroatoms. The minimum absolute atomic E-state index is 0.0435. The number of carbonyl (C=O) groups excluding carboxylic acids is 1. The van der Waals surface area contributed by atoms with E-state index in [1.54, 1.807) is 38.4 Å². The maximum absolute atomic E-state index is 12.5. The van der Waals surface area contributed by atoms with Crippen molar-refractivity contribution in [2.45, 2.75) is 24.8 Å². The van der Waals surface area contributed by atoms with Crippen molar-refractivity contribution in [2.24, 2.45) is 0 Å². The number of hydrogen-bond acceptors (Lipinski definition) is 9. The summed E-state index contributed by atoms with van der Waals surface area (Å²) in [5, 5.41) is 3.80. The summed E-state index contributed by atoms with van der Waals surface area (Å²) in [6.45, 7) is 3.38. The first-order chi connectivity index (χ1) is 14.3. The second kappa shape index (κ2) is 8.88. The highest BCUT2D eigenvalue weighted by molar-refractivity contribution is 7.89. The minimum Gasteiger partial charge on any atom is -0.495 e. The van der Waals surface area contributed by atoms with E-state index in [1.807, 2.05) is 0 Å². The molecule has 2 aromatic heterocycles. The van der Waals surface area contributed by atoms with Crippen LogP contribution in [0.5, 0.6) is 5.75 Å². The molecule has 3 rings (SSSR count). The molecule has 0 saturated heterocycles. The fraction of sp³-hybridized carbons (Fsp3) is 0.222. The predicted molar refractivity (Wildman–Crippen MR) is 107 cm³/mol. The third kappa shape index (κ3) is 4.90. The van der Waals surface area contributed by atoms with Crippen molar-refractivity contribution in [1.82, 2.24) is 25.3 Å². The average Bonchev–Trinajstić information content (AvgIpc) is 3.20. The molecule has 158 valence electrons. The van der Waals surface area contributed by atoms with Gasteiger partial charge in [0.05, 0.1) is 7.11 Å². The van der Waals surface area contributed by atoms with Crippen molar-refractivity contribution in [3.05, 3.63) is 48.3 Å². The quantitative estimate of drug-likeness (QED) is 0.451. The van der Waals surface area contributed by atoms with Gasteiger partial charge in [0, 0.05) is 29.6 Å². The van der Waals surface area contributed by atoms with Gasteiger partial charge in [-0.05, 0) is 44.2 Å². The SMILES string of the molecule is COc1ccc(C(=O)NNc2nc(-c3ccncc3)no2)cc1S(=O)(=O)NC(C)C. The Morgan fingerprint density at radius 2 is 1.90 bits per heavy atom. The van der Waals surface area contributed by atoms with Gasteiger partial charge in [0.25, 0.3) is 5.91 Å². The first kappa shape index (κ1) is 21.2. The molecule has 0 bridgehead atoms. The fourth-order valence-corrected chi connectivity index (χ4v) is 3.92. The molecule has 11 nitrogen and oxygen atoms in total. The van der Waals surface area contributed by atoms with Crippen LogP contribution in [0.25, 0.3) is 11.4 Å². The summed E-state index contributed by atoms with van der Waals surface area (Å²) in [7, 11) is -2.53. The Morgan fingerprint density at radius 3 is 2.57 bits per heavy atom. The van der Waals surface area contributed by atoms with Crippen LogP contribution in [0.15, 0.2) is 52.1 Å². The fourth-order valence-electron chi connectivity index (χ4n) is 2.48. The van der Waals surface area contributed by atoms with Gasteiger partial charge in [-0.2, -0.15) is 4.98 Å². The van der Waals surface area contributed by atoms with E-state index in [9.17, 15) is 13.2 Å². The van der Waals surface area contributed by atoms with Crippen LogP contribution < -0.4 is 20.3 Å². The second-order valence-corrected chi connectivity index (χ2v) is 8.06. The van der Waals surface area contributed by atoms with Crippen molar-refractivity contribution < 1.29 is 22.5 Å². The molecule has 0 aliphatic carbocycles. The normalized spacial score (nSPS) is 11.3. The minimum atomic E-state index is -3.87. The number of benzene rings is 1. The number of carbonyl (C=O) groups is 1. The van der Waals surface area contributed by atoms with E-state index in [0.717, 1.165) is 0 Å². The molecule has 1 aromatic carbocycles. The molecule has 0 atom stereocenters. The Hall–Kier alpha value is -3.51. The summed E-state index contributed by atoms with van der Waals surface area (Å²) in [6, 6.07) is 7.09. The number of hydrogen-bond donors (Lipinski definition) is 3. The lowest BCUT2D eigenvalue weighted by molar-refractivity contribution is 0.0960. The molecular weight excluding hydrogens is 412 g/mol. The first-order valence-electron chi connectivity index (χ1n) is 8.81. The van der Waals surface area contributed by atoms with Gasteiger partial charge in [-0.25, -0.2) is 18.6 Å². The average molecular weight is 432 g/mol. The maximum Gasteiger partial charge on any atom is 0.340 e. The maximum atomic E-state index is 12.5. The van der Waals surface area contributed by atoms with Crippen LogP contribution in [-0.2, 0) is 10.0 Å². The molecule has 0 radical (unpaired) electrons. The lowest BCUT2D eigenvalue weighted by Gasteiger charge is -2.14. The molecule has 0 spiro atoms. The van der Waals surface area contributed by atoms with Gasteiger partial charge >= 0.3 is 6.01 Å². The van der Waals surface area contributed by atoms with Crippen molar-refractivity contribution >= 4 is 21.9 Å². The zero-order valence-electron chi connectivity index (χ0n) is 16.4. The topological polar surface area (TPSA) is 148 Å². The van der Waals surface area contributed by atoms with E-state index >= 15 is 0 Å².